The zero-order valence-electron chi connectivity index (χ0n) is 10.5. The largest absolute Gasteiger partial charge is 0.348 e. The van der Waals surface area contributed by atoms with Crippen LogP contribution in [0.1, 0.15) is 37.4 Å². The fraction of sp³-hybridized carbons (Fsp3) is 0.429. The van der Waals surface area contributed by atoms with E-state index in [-0.39, 0.29) is 11.9 Å². The van der Waals surface area contributed by atoms with Crippen LogP contribution in [0.4, 0.5) is 0 Å². The molecule has 0 radical (unpaired) electrons. The summed E-state index contributed by atoms with van der Waals surface area (Å²) in [5.74, 6) is -0.743. The van der Waals surface area contributed by atoms with Crippen LogP contribution in [0, 0.1) is 24.2 Å². The Morgan fingerprint density at radius 1 is 1.47 bits per heavy atom. The van der Waals surface area contributed by atoms with Crippen LogP contribution in [-0.2, 0) is 4.79 Å². The third kappa shape index (κ3) is 3.32. The van der Waals surface area contributed by atoms with E-state index >= 15 is 0 Å². The Bertz CT molecular complexity index is 434. The normalized spacial score (nSPS) is 13.5. The number of carbonyl (C=O) groups is 1. The summed E-state index contributed by atoms with van der Waals surface area (Å²) >= 11 is 0. The lowest BCUT2D eigenvalue weighted by molar-refractivity contribution is -0.124. The molecule has 0 aliphatic carbocycles. The van der Waals surface area contributed by atoms with E-state index in [9.17, 15) is 4.79 Å². The first-order valence-corrected chi connectivity index (χ1v) is 5.85. The fourth-order valence-corrected chi connectivity index (χ4v) is 1.80. The number of nitrogens with one attached hydrogen (secondary N) is 1. The monoisotopic (exact) mass is 230 g/mol. The Balaban J connectivity index is 2.74. The second-order valence-corrected chi connectivity index (χ2v) is 4.18. The zero-order valence-corrected chi connectivity index (χ0v) is 10.5. The molecule has 1 aromatic carbocycles. The molecule has 1 aromatic rings. The summed E-state index contributed by atoms with van der Waals surface area (Å²) in [5, 5.41) is 11.7. The van der Waals surface area contributed by atoms with Crippen LogP contribution in [-0.4, -0.2) is 5.91 Å². The molecule has 0 spiro atoms. The van der Waals surface area contributed by atoms with Crippen LogP contribution in [0.15, 0.2) is 24.3 Å². The number of aryl methyl sites for hydroxylation is 1. The highest BCUT2D eigenvalue weighted by atomic mass is 16.1. The Morgan fingerprint density at radius 2 is 2.12 bits per heavy atom. The van der Waals surface area contributed by atoms with E-state index in [1.54, 1.807) is 0 Å². The van der Waals surface area contributed by atoms with Crippen molar-refractivity contribution in [3.05, 3.63) is 35.4 Å². The van der Waals surface area contributed by atoms with Crippen molar-refractivity contribution in [1.82, 2.24) is 5.32 Å². The molecule has 1 N–H and O–H groups in total. The molecule has 0 aliphatic heterocycles. The molecule has 2 atom stereocenters. The zero-order chi connectivity index (χ0) is 12.8. The van der Waals surface area contributed by atoms with Crippen molar-refractivity contribution in [2.45, 2.75) is 33.2 Å². The summed E-state index contributed by atoms with van der Waals surface area (Å²) in [6.07, 6.45) is 0.544. The van der Waals surface area contributed by atoms with Gasteiger partial charge in [-0.1, -0.05) is 31.2 Å². The molecule has 2 unspecified atom stereocenters. The predicted octanol–water partition coefficient (Wildman–Crippen LogP) is 2.72. The maximum Gasteiger partial charge on any atom is 0.237 e. The Hall–Kier alpha value is -1.82. The quantitative estimate of drug-likeness (QED) is 0.864. The van der Waals surface area contributed by atoms with Gasteiger partial charge in [0.25, 0.3) is 0 Å². The molecule has 1 rings (SSSR count). The van der Waals surface area contributed by atoms with Crippen molar-refractivity contribution in [1.29, 1.82) is 5.26 Å². The molecule has 0 heterocycles. The maximum absolute atomic E-state index is 11.8. The summed E-state index contributed by atoms with van der Waals surface area (Å²) in [6, 6.07) is 9.87. The molecule has 3 nitrogen and oxygen atoms in total. The lowest BCUT2D eigenvalue weighted by Gasteiger charge is -2.17. The van der Waals surface area contributed by atoms with Crippen LogP contribution in [0.25, 0.3) is 0 Å². The number of carbonyl (C=O) groups excluding carboxylic acids is 1. The number of hydrogen-bond donors (Lipinski definition) is 1. The molecule has 0 saturated carbocycles. The highest BCUT2D eigenvalue weighted by Gasteiger charge is 2.18. The fourth-order valence-electron chi connectivity index (χ4n) is 1.80. The third-order valence-corrected chi connectivity index (χ3v) is 2.89. The number of amides is 1. The molecule has 1 amide bonds. The van der Waals surface area contributed by atoms with Crippen molar-refractivity contribution in [2.75, 3.05) is 0 Å². The van der Waals surface area contributed by atoms with Crippen LogP contribution in [0.2, 0.25) is 0 Å². The van der Waals surface area contributed by atoms with E-state index in [1.807, 2.05) is 51.1 Å². The first-order chi connectivity index (χ1) is 8.10. The molecular weight excluding hydrogens is 212 g/mol. The van der Waals surface area contributed by atoms with E-state index in [2.05, 4.69) is 5.32 Å². The van der Waals surface area contributed by atoms with Gasteiger partial charge in [0.2, 0.25) is 5.91 Å². The lowest BCUT2D eigenvalue weighted by Crippen LogP contribution is -2.32. The number of nitriles is 1. The van der Waals surface area contributed by atoms with Gasteiger partial charge in [0.05, 0.1) is 12.1 Å². The van der Waals surface area contributed by atoms with E-state index in [0.29, 0.717) is 6.42 Å². The third-order valence-electron chi connectivity index (χ3n) is 2.89. The van der Waals surface area contributed by atoms with Gasteiger partial charge in [-0.2, -0.15) is 5.26 Å². The molecule has 17 heavy (non-hydrogen) atoms. The minimum absolute atomic E-state index is 0.0638. The average molecular weight is 230 g/mol. The molecule has 90 valence electrons. The smallest absolute Gasteiger partial charge is 0.237 e. The molecule has 0 aromatic heterocycles. The van der Waals surface area contributed by atoms with Crippen molar-refractivity contribution in [2.24, 2.45) is 5.92 Å². The van der Waals surface area contributed by atoms with Crippen LogP contribution >= 0.6 is 0 Å². The maximum atomic E-state index is 11.8. The second kappa shape index (κ2) is 6.05. The molecule has 0 fully saturated rings. The number of benzene rings is 1. The first-order valence-electron chi connectivity index (χ1n) is 5.85. The summed E-state index contributed by atoms with van der Waals surface area (Å²) in [7, 11) is 0. The van der Waals surface area contributed by atoms with Crippen LogP contribution < -0.4 is 5.32 Å². The minimum Gasteiger partial charge on any atom is -0.348 e. The van der Waals surface area contributed by atoms with Crippen LogP contribution in [0.5, 0.6) is 0 Å². The predicted molar refractivity (Wildman–Crippen MR) is 67.1 cm³/mol. The summed E-state index contributed by atoms with van der Waals surface area (Å²) in [4.78, 5) is 11.8. The highest BCUT2D eigenvalue weighted by Crippen LogP contribution is 2.17. The van der Waals surface area contributed by atoms with E-state index in [0.717, 1.165) is 11.1 Å². The van der Waals surface area contributed by atoms with E-state index < -0.39 is 5.92 Å². The Kier molecular flexibility index (Phi) is 4.71. The van der Waals surface area contributed by atoms with Gasteiger partial charge in [0, 0.05) is 0 Å². The molecule has 0 aliphatic rings. The number of rotatable bonds is 4. The van der Waals surface area contributed by atoms with Gasteiger partial charge in [0.15, 0.2) is 0 Å². The summed E-state index contributed by atoms with van der Waals surface area (Å²) in [6.45, 7) is 5.79. The molecular formula is C14H18N2O. The van der Waals surface area contributed by atoms with Gasteiger partial charge in [-0.3, -0.25) is 4.79 Å². The highest BCUT2D eigenvalue weighted by molar-refractivity contribution is 5.81. The minimum atomic E-state index is -0.554. The van der Waals surface area contributed by atoms with E-state index in [1.165, 1.54) is 0 Å². The van der Waals surface area contributed by atoms with Crippen molar-refractivity contribution in [3.8, 4) is 6.07 Å². The van der Waals surface area contributed by atoms with Gasteiger partial charge in [-0.15, -0.1) is 0 Å². The Labute approximate surface area is 102 Å². The topological polar surface area (TPSA) is 52.9 Å². The second-order valence-electron chi connectivity index (χ2n) is 4.18. The van der Waals surface area contributed by atoms with Gasteiger partial charge in [-0.25, -0.2) is 0 Å². The molecule has 0 bridgehead atoms. The SMILES string of the molecule is CCC(C#N)C(=O)NC(C)c1ccccc1C. The Morgan fingerprint density at radius 3 is 2.65 bits per heavy atom. The van der Waals surface area contributed by atoms with Gasteiger partial charge < -0.3 is 5.32 Å². The lowest BCUT2D eigenvalue weighted by atomic mass is 10.0. The van der Waals surface area contributed by atoms with Gasteiger partial charge in [0.1, 0.15) is 5.92 Å². The van der Waals surface area contributed by atoms with Crippen molar-refractivity contribution >= 4 is 5.91 Å². The average Bonchev–Trinajstić information content (AvgIpc) is 2.31. The molecule has 0 saturated heterocycles. The first kappa shape index (κ1) is 13.2. The van der Waals surface area contributed by atoms with Crippen molar-refractivity contribution in [3.63, 3.8) is 0 Å². The standard InChI is InChI=1S/C14H18N2O/c1-4-12(9-15)14(17)16-11(3)13-8-6-5-7-10(13)2/h5-8,11-12H,4H2,1-3H3,(H,16,17). The molecule has 3 heteroatoms. The van der Waals surface area contributed by atoms with Gasteiger partial charge >= 0.3 is 0 Å². The van der Waals surface area contributed by atoms with Crippen LogP contribution in [0.3, 0.4) is 0 Å². The van der Waals surface area contributed by atoms with Gasteiger partial charge in [-0.05, 0) is 31.4 Å². The number of nitrogens with zero attached hydrogens (tertiary/aromatic N) is 1. The number of hydrogen-bond acceptors (Lipinski definition) is 2. The summed E-state index contributed by atoms with van der Waals surface area (Å²) in [5.41, 5.74) is 2.24. The van der Waals surface area contributed by atoms with Crippen molar-refractivity contribution < 1.29 is 4.79 Å². The van der Waals surface area contributed by atoms with E-state index in [4.69, 9.17) is 5.26 Å². The summed E-state index contributed by atoms with van der Waals surface area (Å²) < 4.78 is 0.